The molecule has 0 aliphatic heterocycles. The first kappa shape index (κ1) is 15.6. The molecule has 1 aromatic heterocycles. The molecule has 1 N–H and O–H groups in total. The van der Waals surface area contributed by atoms with Gasteiger partial charge in [-0.2, -0.15) is 4.31 Å². The zero-order chi connectivity index (χ0) is 13.8. The molecule has 0 spiro atoms. The minimum atomic E-state index is -3.26. The van der Waals surface area contributed by atoms with E-state index in [1.54, 1.807) is 29.6 Å². The van der Waals surface area contributed by atoms with Crippen LogP contribution in [-0.2, 0) is 16.6 Å². The molecular formula is C12H22N2O2S2. The summed E-state index contributed by atoms with van der Waals surface area (Å²) in [5.74, 6) is 0. The van der Waals surface area contributed by atoms with Crippen molar-refractivity contribution in [3.8, 4) is 0 Å². The average molecular weight is 290 g/mol. The fourth-order valence-corrected chi connectivity index (χ4v) is 4.28. The van der Waals surface area contributed by atoms with Crippen LogP contribution in [0.15, 0.2) is 17.5 Å². The van der Waals surface area contributed by atoms with Crippen LogP contribution < -0.4 is 5.32 Å². The SMILES string of the molecule is CNCC(C)S(=O)(=O)N(Cc1cccs1)C(C)C. The van der Waals surface area contributed by atoms with Gasteiger partial charge in [-0.25, -0.2) is 8.42 Å². The highest BCUT2D eigenvalue weighted by Crippen LogP contribution is 2.19. The highest BCUT2D eigenvalue weighted by molar-refractivity contribution is 7.89. The fraction of sp³-hybridized carbons (Fsp3) is 0.667. The van der Waals surface area contributed by atoms with E-state index in [2.05, 4.69) is 5.32 Å². The van der Waals surface area contributed by atoms with Crippen molar-refractivity contribution in [3.63, 3.8) is 0 Å². The van der Waals surface area contributed by atoms with Crippen molar-refractivity contribution in [1.29, 1.82) is 0 Å². The Kier molecular flexibility index (Phi) is 5.78. The van der Waals surface area contributed by atoms with Crippen LogP contribution in [0.2, 0.25) is 0 Å². The Balaban J connectivity index is 2.91. The van der Waals surface area contributed by atoms with Crippen molar-refractivity contribution >= 4 is 21.4 Å². The van der Waals surface area contributed by atoms with Crippen LogP contribution in [0.1, 0.15) is 25.6 Å². The lowest BCUT2D eigenvalue weighted by Gasteiger charge is -2.28. The zero-order valence-corrected chi connectivity index (χ0v) is 13.0. The Morgan fingerprint density at radius 1 is 1.39 bits per heavy atom. The van der Waals surface area contributed by atoms with Gasteiger partial charge in [0, 0.05) is 24.0 Å². The topological polar surface area (TPSA) is 49.4 Å². The van der Waals surface area contributed by atoms with Crippen LogP contribution in [0, 0.1) is 0 Å². The molecule has 0 aliphatic carbocycles. The van der Waals surface area contributed by atoms with Crippen LogP contribution in [0.3, 0.4) is 0 Å². The standard InChI is InChI=1S/C12H22N2O2S2/c1-10(2)14(9-12-6-5-7-17-12)18(15,16)11(3)8-13-4/h5-7,10-11,13H,8-9H2,1-4H3. The number of sulfonamides is 1. The van der Waals surface area contributed by atoms with Crippen LogP contribution in [0.25, 0.3) is 0 Å². The lowest BCUT2D eigenvalue weighted by atomic mass is 10.4. The second-order valence-electron chi connectivity index (χ2n) is 4.63. The minimum absolute atomic E-state index is 0.0311. The maximum Gasteiger partial charge on any atom is 0.218 e. The summed E-state index contributed by atoms with van der Waals surface area (Å²) >= 11 is 1.59. The van der Waals surface area contributed by atoms with Gasteiger partial charge in [0.15, 0.2) is 0 Å². The highest BCUT2D eigenvalue weighted by Gasteiger charge is 2.30. The maximum atomic E-state index is 12.5. The summed E-state index contributed by atoms with van der Waals surface area (Å²) in [6.45, 7) is 6.51. The molecule has 0 aromatic carbocycles. The second-order valence-corrected chi connectivity index (χ2v) is 7.97. The van der Waals surface area contributed by atoms with Gasteiger partial charge >= 0.3 is 0 Å². The third-order valence-corrected chi connectivity index (χ3v) is 6.04. The molecule has 4 nitrogen and oxygen atoms in total. The molecule has 18 heavy (non-hydrogen) atoms. The van der Waals surface area contributed by atoms with Crippen molar-refractivity contribution in [2.75, 3.05) is 13.6 Å². The van der Waals surface area contributed by atoms with Crippen LogP contribution in [0.5, 0.6) is 0 Å². The van der Waals surface area contributed by atoms with E-state index >= 15 is 0 Å². The molecule has 0 bridgehead atoms. The largest absolute Gasteiger partial charge is 0.318 e. The Bertz CT molecular complexity index is 441. The van der Waals surface area contributed by atoms with E-state index in [4.69, 9.17) is 0 Å². The summed E-state index contributed by atoms with van der Waals surface area (Å²) < 4.78 is 26.5. The molecule has 1 aromatic rings. The molecule has 1 heterocycles. The van der Waals surface area contributed by atoms with Crippen molar-refractivity contribution in [2.24, 2.45) is 0 Å². The smallest absolute Gasteiger partial charge is 0.218 e. The third kappa shape index (κ3) is 3.78. The number of hydrogen-bond acceptors (Lipinski definition) is 4. The number of nitrogens with one attached hydrogen (secondary N) is 1. The van der Waals surface area contributed by atoms with E-state index in [0.717, 1.165) is 4.88 Å². The van der Waals surface area contributed by atoms with Gasteiger partial charge in [-0.15, -0.1) is 11.3 Å². The first-order chi connectivity index (χ1) is 8.39. The fourth-order valence-electron chi connectivity index (χ4n) is 1.75. The normalized spacial score (nSPS) is 14.3. The predicted octanol–water partition coefficient (Wildman–Crippen LogP) is 1.90. The van der Waals surface area contributed by atoms with Crippen LogP contribution >= 0.6 is 11.3 Å². The summed E-state index contributed by atoms with van der Waals surface area (Å²) in [6.07, 6.45) is 0. The molecule has 1 unspecified atom stereocenters. The van der Waals surface area contributed by atoms with E-state index in [1.165, 1.54) is 0 Å². The van der Waals surface area contributed by atoms with Gasteiger partial charge in [-0.1, -0.05) is 6.07 Å². The quantitative estimate of drug-likeness (QED) is 0.834. The van der Waals surface area contributed by atoms with Crippen molar-refractivity contribution < 1.29 is 8.42 Å². The zero-order valence-electron chi connectivity index (χ0n) is 11.4. The van der Waals surface area contributed by atoms with Gasteiger partial charge in [0.2, 0.25) is 10.0 Å². The van der Waals surface area contributed by atoms with E-state index in [0.29, 0.717) is 13.1 Å². The van der Waals surface area contributed by atoms with Crippen LogP contribution in [-0.4, -0.2) is 37.6 Å². The van der Waals surface area contributed by atoms with Gasteiger partial charge in [-0.3, -0.25) is 0 Å². The first-order valence-corrected chi connectivity index (χ1v) is 8.45. The van der Waals surface area contributed by atoms with Gasteiger partial charge in [0.25, 0.3) is 0 Å². The summed E-state index contributed by atoms with van der Waals surface area (Å²) in [4.78, 5) is 1.07. The molecule has 0 saturated carbocycles. The lowest BCUT2D eigenvalue weighted by Crippen LogP contribution is -2.44. The van der Waals surface area contributed by atoms with Gasteiger partial charge < -0.3 is 5.32 Å². The van der Waals surface area contributed by atoms with Gasteiger partial charge in [-0.05, 0) is 39.3 Å². The molecule has 1 atom stereocenters. The average Bonchev–Trinajstić information content (AvgIpc) is 2.78. The Morgan fingerprint density at radius 2 is 2.06 bits per heavy atom. The summed E-state index contributed by atoms with van der Waals surface area (Å²) in [7, 11) is -1.49. The van der Waals surface area contributed by atoms with E-state index in [9.17, 15) is 8.42 Å². The number of thiophene rings is 1. The first-order valence-electron chi connectivity index (χ1n) is 6.07. The molecule has 0 aliphatic rings. The van der Waals surface area contributed by atoms with Crippen LogP contribution in [0.4, 0.5) is 0 Å². The highest BCUT2D eigenvalue weighted by atomic mass is 32.2. The molecule has 0 saturated heterocycles. The van der Waals surface area contributed by atoms with E-state index in [1.807, 2.05) is 31.4 Å². The molecule has 0 amide bonds. The van der Waals surface area contributed by atoms with Crippen molar-refractivity contribution in [1.82, 2.24) is 9.62 Å². The van der Waals surface area contributed by atoms with Crippen molar-refractivity contribution in [3.05, 3.63) is 22.4 Å². The monoisotopic (exact) mass is 290 g/mol. The molecule has 1 rings (SSSR count). The Morgan fingerprint density at radius 3 is 2.50 bits per heavy atom. The summed E-state index contributed by atoms with van der Waals surface area (Å²) in [6, 6.07) is 3.89. The summed E-state index contributed by atoms with van der Waals surface area (Å²) in [5.41, 5.74) is 0. The molecule has 104 valence electrons. The number of rotatable bonds is 7. The second kappa shape index (κ2) is 6.65. The summed E-state index contributed by atoms with van der Waals surface area (Å²) in [5, 5.41) is 4.48. The van der Waals surface area contributed by atoms with Gasteiger partial charge in [0.05, 0.1) is 5.25 Å². The predicted molar refractivity (Wildman–Crippen MR) is 77.3 cm³/mol. The molecular weight excluding hydrogens is 268 g/mol. The Labute approximate surface area is 114 Å². The Hall–Kier alpha value is -0.430. The molecule has 6 heteroatoms. The third-order valence-electron chi connectivity index (χ3n) is 2.79. The molecule has 0 fully saturated rings. The van der Waals surface area contributed by atoms with Crippen molar-refractivity contribution in [2.45, 2.75) is 38.6 Å². The lowest BCUT2D eigenvalue weighted by molar-refractivity contribution is 0.345. The van der Waals surface area contributed by atoms with E-state index in [-0.39, 0.29) is 6.04 Å². The molecule has 0 radical (unpaired) electrons. The van der Waals surface area contributed by atoms with E-state index < -0.39 is 15.3 Å². The minimum Gasteiger partial charge on any atom is -0.318 e. The number of nitrogens with zero attached hydrogens (tertiary/aromatic N) is 1. The number of hydrogen-bond donors (Lipinski definition) is 1. The van der Waals surface area contributed by atoms with Gasteiger partial charge in [0.1, 0.15) is 0 Å². The maximum absolute atomic E-state index is 12.5.